The SMILES string of the molecule is C#C/C(Br)=c1/[nH]c([S+]([O-])CCC(/C(Cl)=C\C)C(F)C=C)c(C(=O)CC)c(=O)/c1=C(/C)Cl. The van der Waals surface area contributed by atoms with Crippen LogP contribution in [-0.2, 0) is 11.2 Å². The van der Waals surface area contributed by atoms with Crippen LogP contribution in [0.25, 0.3) is 9.51 Å². The van der Waals surface area contributed by atoms with Crippen LogP contribution >= 0.6 is 39.1 Å². The molecule has 0 saturated heterocycles. The summed E-state index contributed by atoms with van der Waals surface area (Å²) in [4.78, 5) is 28.6. The number of allylic oxidation sites excluding steroid dienone is 3. The molecule has 4 nitrogen and oxygen atoms in total. The fourth-order valence-electron chi connectivity index (χ4n) is 2.91. The van der Waals surface area contributed by atoms with E-state index in [-0.39, 0.29) is 54.3 Å². The third-order valence-corrected chi connectivity index (χ3v) is 7.22. The molecule has 0 aliphatic heterocycles. The summed E-state index contributed by atoms with van der Waals surface area (Å²) in [5.74, 6) is 1.05. The number of hydrogen-bond donors (Lipinski definition) is 1. The second-order valence-electron chi connectivity index (χ2n) is 6.48. The maximum Gasteiger partial charge on any atom is 0.238 e. The van der Waals surface area contributed by atoms with E-state index in [1.807, 2.05) is 0 Å². The number of nitrogens with one attached hydrogen (secondary N) is 1. The maximum absolute atomic E-state index is 14.3. The van der Waals surface area contributed by atoms with E-state index in [1.54, 1.807) is 19.9 Å². The first-order chi connectivity index (χ1) is 14.5. The molecule has 3 atom stereocenters. The van der Waals surface area contributed by atoms with Crippen LogP contribution in [0.4, 0.5) is 4.39 Å². The number of carbonyl (C=O) groups is 1. The van der Waals surface area contributed by atoms with Gasteiger partial charge in [-0.05, 0) is 29.8 Å². The molecule has 1 aromatic rings. The number of aromatic nitrogens is 1. The van der Waals surface area contributed by atoms with E-state index in [0.29, 0.717) is 0 Å². The Morgan fingerprint density at radius 2 is 2.10 bits per heavy atom. The highest BCUT2D eigenvalue weighted by Gasteiger charge is 2.29. The summed E-state index contributed by atoms with van der Waals surface area (Å²) < 4.78 is 27.6. The Balaban J connectivity index is 3.71. The molecule has 0 aromatic carbocycles. The van der Waals surface area contributed by atoms with Crippen LogP contribution in [0, 0.1) is 18.3 Å². The lowest BCUT2D eigenvalue weighted by atomic mass is 10.00. The highest BCUT2D eigenvalue weighted by Crippen LogP contribution is 2.27. The van der Waals surface area contributed by atoms with Gasteiger partial charge in [-0.3, -0.25) is 9.59 Å². The monoisotopic (exact) mass is 549 g/mol. The number of hydrogen-bond acceptors (Lipinski definition) is 3. The average molecular weight is 551 g/mol. The number of aromatic amines is 1. The number of pyridine rings is 1. The Labute approximate surface area is 202 Å². The Hall–Kier alpha value is -1.30. The largest absolute Gasteiger partial charge is 0.610 e. The number of ketones is 1. The van der Waals surface area contributed by atoms with Crippen molar-refractivity contribution in [3.05, 3.63) is 50.1 Å². The Bertz CT molecular complexity index is 1100. The van der Waals surface area contributed by atoms with E-state index in [4.69, 9.17) is 29.6 Å². The van der Waals surface area contributed by atoms with E-state index in [2.05, 4.69) is 33.4 Å². The molecule has 9 heteroatoms. The Morgan fingerprint density at radius 1 is 1.48 bits per heavy atom. The van der Waals surface area contributed by atoms with Crippen LogP contribution in [0.15, 0.2) is 33.6 Å². The molecule has 0 saturated carbocycles. The summed E-state index contributed by atoms with van der Waals surface area (Å²) in [6, 6.07) is 0. The lowest BCUT2D eigenvalue weighted by Crippen LogP contribution is -2.47. The molecule has 0 aliphatic rings. The normalized spacial score (nSPS) is 16.7. The Kier molecular flexibility index (Phi) is 11.3. The number of alkyl halides is 1. The fraction of sp³-hybridized carbons (Fsp3) is 0.364. The van der Waals surface area contributed by atoms with Gasteiger partial charge in [-0.25, -0.2) is 4.39 Å². The third-order valence-electron chi connectivity index (χ3n) is 4.54. The molecule has 0 aliphatic carbocycles. The van der Waals surface area contributed by atoms with Gasteiger partial charge in [0.15, 0.2) is 5.78 Å². The molecule has 0 spiro atoms. The predicted molar refractivity (Wildman–Crippen MR) is 131 cm³/mol. The molecular weight excluding hydrogens is 528 g/mol. The minimum absolute atomic E-state index is 0.0173. The first-order valence-corrected chi connectivity index (χ1v) is 12.2. The topological polar surface area (TPSA) is 73.0 Å². The number of carbonyl (C=O) groups excluding carboxylic acids is 1. The van der Waals surface area contributed by atoms with Crippen molar-refractivity contribution in [2.75, 3.05) is 5.75 Å². The summed E-state index contributed by atoms with van der Waals surface area (Å²) in [5.41, 5.74) is -0.910. The number of H-pyrrole nitrogens is 1. The second-order valence-corrected chi connectivity index (χ2v) is 9.78. The lowest BCUT2D eigenvalue weighted by molar-refractivity contribution is 0.0983. The summed E-state index contributed by atoms with van der Waals surface area (Å²) in [6.45, 7) is 8.18. The number of rotatable bonds is 9. The zero-order valence-electron chi connectivity index (χ0n) is 17.4. The molecule has 3 unspecified atom stereocenters. The van der Waals surface area contributed by atoms with Gasteiger partial charge in [-0.15, -0.1) is 13.0 Å². The zero-order valence-corrected chi connectivity index (χ0v) is 21.3. The minimum atomic E-state index is -1.85. The van der Waals surface area contributed by atoms with Gasteiger partial charge >= 0.3 is 0 Å². The molecule has 31 heavy (non-hydrogen) atoms. The molecule has 168 valence electrons. The quantitative estimate of drug-likeness (QED) is 0.216. The van der Waals surface area contributed by atoms with Gasteiger partial charge in [0, 0.05) is 40.0 Å². The zero-order chi connectivity index (χ0) is 23.9. The van der Waals surface area contributed by atoms with Crippen molar-refractivity contribution in [2.45, 2.75) is 44.8 Å². The average Bonchev–Trinajstić information content (AvgIpc) is 2.76. The molecule has 0 fully saturated rings. The summed E-state index contributed by atoms with van der Waals surface area (Å²) in [7, 11) is 0. The first kappa shape index (κ1) is 27.7. The summed E-state index contributed by atoms with van der Waals surface area (Å²) >= 11 is 13.6. The standard InChI is InChI=1S/C22H23BrCl2FNO3S/c1-6-14(23)20-18(12(5)24)21(29)19(17(28)9-4)22(27-20)31(30)11-10-13(15(25)7-2)16(26)8-3/h1,7-8,13,16,27H,3,9-11H2,2,4-5H3/b15-7+,18-12-,20-14-. The van der Waals surface area contributed by atoms with Gasteiger partial charge in [0.05, 0.1) is 15.1 Å². The predicted octanol–water partition coefficient (Wildman–Crippen LogP) is 4.25. The van der Waals surface area contributed by atoms with Crippen molar-refractivity contribution in [1.29, 1.82) is 0 Å². The van der Waals surface area contributed by atoms with Crippen molar-refractivity contribution in [2.24, 2.45) is 5.92 Å². The number of halogens is 4. The maximum atomic E-state index is 14.3. The molecule has 0 amide bonds. The second kappa shape index (κ2) is 12.7. The molecule has 1 aromatic heterocycles. The smallest absolute Gasteiger partial charge is 0.238 e. The van der Waals surface area contributed by atoms with Crippen LogP contribution in [0.1, 0.15) is 44.0 Å². The van der Waals surface area contributed by atoms with Gasteiger partial charge < -0.3 is 9.54 Å². The molecule has 1 rings (SSSR count). The highest BCUT2D eigenvalue weighted by molar-refractivity contribution is 9.15. The number of Topliss-reactive ketones (excluding diaryl/α,β-unsaturated/α-hetero) is 1. The van der Waals surface area contributed by atoms with Crippen molar-refractivity contribution in [3.8, 4) is 12.3 Å². The van der Waals surface area contributed by atoms with Crippen molar-refractivity contribution < 1.29 is 13.7 Å². The van der Waals surface area contributed by atoms with Crippen LogP contribution in [-0.4, -0.2) is 27.2 Å². The van der Waals surface area contributed by atoms with Crippen LogP contribution in [0.2, 0.25) is 0 Å². The van der Waals surface area contributed by atoms with Gasteiger partial charge in [-0.1, -0.05) is 48.2 Å². The molecule has 0 radical (unpaired) electrons. The first-order valence-electron chi connectivity index (χ1n) is 9.34. The van der Waals surface area contributed by atoms with Crippen LogP contribution < -0.4 is 16.0 Å². The fourth-order valence-corrected chi connectivity index (χ4v) is 4.94. The van der Waals surface area contributed by atoms with Gasteiger partial charge in [0.25, 0.3) is 0 Å². The molecule has 0 bridgehead atoms. The van der Waals surface area contributed by atoms with E-state index in [1.165, 1.54) is 6.92 Å². The van der Waals surface area contributed by atoms with Crippen molar-refractivity contribution in [3.63, 3.8) is 0 Å². The number of terminal acetylenes is 1. The summed E-state index contributed by atoms with van der Waals surface area (Å²) in [5, 5.41) is 0.486. The van der Waals surface area contributed by atoms with E-state index in [9.17, 15) is 18.5 Å². The van der Waals surface area contributed by atoms with E-state index < -0.39 is 34.5 Å². The molecule has 1 N–H and O–H groups in total. The highest BCUT2D eigenvalue weighted by atomic mass is 79.9. The molecular formula is C22H23BrCl2FNO3S. The van der Waals surface area contributed by atoms with Crippen molar-refractivity contribution in [1.82, 2.24) is 4.98 Å². The molecule has 1 heterocycles. The van der Waals surface area contributed by atoms with Gasteiger partial charge in [-0.2, -0.15) is 0 Å². The Morgan fingerprint density at radius 3 is 2.55 bits per heavy atom. The van der Waals surface area contributed by atoms with E-state index in [0.717, 1.165) is 6.08 Å². The van der Waals surface area contributed by atoms with Crippen LogP contribution in [0.5, 0.6) is 0 Å². The minimum Gasteiger partial charge on any atom is -0.610 e. The third kappa shape index (κ3) is 6.59. The summed E-state index contributed by atoms with van der Waals surface area (Å²) in [6.07, 6.45) is 6.81. The van der Waals surface area contributed by atoms with E-state index >= 15 is 0 Å². The van der Waals surface area contributed by atoms with Crippen molar-refractivity contribution >= 4 is 65.6 Å². The lowest BCUT2D eigenvalue weighted by Gasteiger charge is -2.20. The van der Waals surface area contributed by atoms with Gasteiger partial charge in [0.1, 0.15) is 17.5 Å². The van der Waals surface area contributed by atoms with Crippen LogP contribution in [0.3, 0.4) is 0 Å². The van der Waals surface area contributed by atoms with Gasteiger partial charge in [0.2, 0.25) is 10.5 Å².